The molecule has 34 heavy (non-hydrogen) atoms. The van der Waals surface area contributed by atoms with Gasteiger partial charge in [0.05, 0.1) is 33.4 Å². The fraction of sp³-hybridized carbons (Fsp3) is 0.400. The number of hydrogen-bond acceptors (Lipinski definition) is 6. The van der Waals surface area contributed by atoms with Crippen molar-refractivity contribution >= 4 is 44.2 Å². The normalized spacial score (nSPS) is 19.4. The molecule has 5 rings (SSSR count). The van der Waals surface area contributed by atoms with Crippen LogP contribution in [0.5, 0.6) is 0 Å². The topological polar surface area (TPSA) is 98.1 Å². The summed E-state index contributed by atoms with van der Waals surface area (Å²) in [5.74, 6) is 0.354. The number of benzene rings is 1. The zero-order chi connectivity index (χ0) is 24.0. The van der Waals surface area contributed by atoms with Crippen molar-refractivity contribution < 1.29 is 18.0 Å². The molecule has 1 saturated heterocycles. The smallest absolute Gasteiger partial charge is 0.252 e. The summed E-state index contributed by atoms with van der Waals surface area (Å²) in [6, 6.07) is 11.3. The fourth-order valence-corrected chi connectivity index (χ4v) is 7.22. The highest BCUT2D eigenvalue weighted by molar-refractivity contribution is 7.99. The van der Waals surface area contributed by atoms with Crippen LogP contribution in [-0.2, 0) is 9.84 Å². The predicted molar refractivity (Wildman–Crippen MR) is 133 cm³/mol. The molecule has 1 unspecified atom stereocenters. The van der Waals surface area contributed by atoms with Crippen molar-refractivity contribution in [1.29, 1.82) is 0 Å². The maximum Gasteiger partial charge on any atom is 0.252 e. The molecular weight excluding hydrogens is 470 g/mol. The van der Waals surface area contributed by atoms with Gasteiger partial charge in [0, 0.05) is 34.4 Å². The second-order valence-corrected chi connectivity index (χ2v) is 12.4. The van der Waals surface area contributed by atoms with Crippen LogP contribution in [0.4, 0.5) is 0 Å². The molecule has 178 valence electrons. The van der Waals surface area contributed by atoms with E-state index in [-0.39, 0.29) is 41.0 Å². The molecule has 1 amide bonds. The highest BCUT2D eigenvalue weighted by Crippen LogP contribution is 2.31. The number of sulfone groups is 1. The van der Waals surface area contributed by atoms with Crippen molar-refractivity contribution in [2.24, 2.45) is 0 Å². The van der Waals surface area contributed by atoms with E-state index in [0.29, 0.717) is 22.6 Å². The van der Waals surface area contributed by atoms with Crippen LogP contribution in [0.2, 0.25) is 0 Å². The van der Waals surface area contributed by atoms with Gasteiger partial charge in [0.2, 0.25) is 0 Å². The van der Waals surface area contributed by atoms with Gasteiger partial charge in [-0.25, -0.2) is 13.4 Å². The van der Waals surface area contributed by atoms with Crippen LogP contribution in [-0.4, -0.2) is 53.0 Å². The Morgan fingerprint density at radius 1 is 1.12 bits per heavy atom. The van der Waals surface area contributed by atoms with Crippen molar-refractivity contribution in [3.05, 3.63) is 58.9 Å². The maximum absolute atomic E-state index is 13.1. The van der Waals surface area contributed by atoms with E-state index in [2.05, 4.69) is 10.3 Å². The molecule has 1 aromatic carbocycles. The van der Waals surface area contributed by atoms with E-state index in [1.807, 2.05) is 48.7 Å². The van der Waals surface area contributed by atoms with Crippen LogP contribution in [0.25, 0.3) is 10.9 Å². The lowest BCUT2D eigenvalue weighted by Crippen LogP contribution is -2.25. The summed E-state index contributed by atoms with van der Waals surface area (Å²) in [6.07, 6.45) is 2.60. The first kappa shape index (κ1) is 23.1. The number of nitrogens with zero attached hydrogens (tertiary/aromatic N) is 2. The molecule has 3 heterocycles. The number of aromatic nitrogens is 2. The number of rotatable bonds is 7. The molecule has 2 fully saturated rings. The van der Waals surface area contributed by atoms with Gasteiger partial charge in [-0.3, -0.25) is 9.59 Å². The molecule has 9 heteroatoms. The van der Waals surface area contributed by atoms with Crippen molar-refractivity contribution in [2.75, 3.05) is 17.3 Å². The maximum atomic E-state index is 13.1. The molecule has 1 aliphatic heterocycles. The number of pyridine rings is 1. The van der Waals surface area contributed by atoms with Gasteiger partial charge in [-0.2, -0.15) is 0 Å². The summed E-state index contributed by atoms with van der Waals surface area (Å²) in [7, 11) is -3.02. The zero-order valence-electron chi connectivity index (χ0n) is 19.2. The Bertz CT molecular complexity index is 1410. The summed E-state index contributed by atoms with van der Waals surface area (Å²) in [5.41, 5.74) is 3.62. The highest BCUT2D eigenvalue weighted by atomic mass is 32.2. The summed E-state index contributed by atoms with van der Waals surface area (Å²) in [4.78, 5) is 30.6. The molecule has 1 aliphatic carbocycles. The van der Waals surface area contributed by atoms with Crippen LogP contribution in [0.1, 0.15) is 57.4 Å². The number of nitrogens with one attached hydrogen (secondary N) is 1. The van der Waals surface area contributed by atoms with Gasteiger partial charge < -0.3 is 9.88 Å². The number of amides is 1. The summed E-state index contributed by atoms with van der Waals surface area (Å²) < 4.78 is 25.9. The van der Waals surface area contributed by atoms with Crippen LogP contribution in [0, 0.1) is 13.8 Å². The van der Waals surface area contributed by atoms with E-state index < -0.39 is 9.84 Å². The minimum absolute atomic E-state index is 0.0378. The molecule has 1 N–H and O–H groups in total. The van der Waals surface area contributed by atoms with E-state index in [4.69, 9.17) is 0 Å². The van der Waals surface area contributed by atoms with Crippen molar-refractivity contribution in [3.8, 4) is 0 Å². The number of hydrogen-bond donors (Lipinski definition) is 1. The quantitative estimate of drug-likeness (QED) is 0.393. The SMILES string of the molecule is Cc1cc(C(=O)CSc2cc(C(=O)NC3CC3)c3ccccc3n2)c(C)n1C1CCS(=O)(=O)C1. The van der Waals surface area contributed by atoms with E-state index in [9.17, 15) is 18.0 Å². The zero-order valence-corrected chi connectivity index (χ0v) is 20.8. The van der Waals surface area contributed by atoms with Crippen molar-refractivity contribution in [2.45, 2.75) is 50.2 Å². The number of fused-ring (bicyclic) bond motifs is 1. The van der Waals surface area contributed by atoms with E-state index in [1.165, 1.54) is 11.8 Å². The van der Waals surface area contributed by atoms with E-state index in [1.54, 1.807) is 6.07 Å². The van der Waals surface area contributed by atoms with Gasteiger partial charge in [0.15, 0.2) is 15.6 Å². The van der Waals surface area contributed by atoms with Gasteiger partial charge in [0.25, 0.3) is 5.91 Å². The number of para-hydroxylation sites is 1. The van der Waals surface area contributed by atoms with Crippen molar-refractivity contribution in [1.82, 2.24) is 14.9 Å². The van der Waals surface area contributed by atoms with Crippen LogP contribution >= 0.6 is 11.8 Å². The standard InChI is InChI=1S/C25H27N3O4S2/c1-15-11-20(16(2)28(15)18-9-10-34(31,32)14-18)23(29)13-33-24-12-21(25(30)26-17-7-8-17)19-5-3-4-6-22(19)27-24/h3-6,11-12,17-18H,7-10,13-14H2,1-2H3,(H,26,30). The third kappa shape index (κ3) is 4.63. The Balaban J connectivity index is 1.36. The minimum Gasteiger partial charge on any atom is -0.349 e. The molecular formula is C25H27N3O4S2. The monoisotopic (exact) mass is 497 g/mol. The number of aryl methyl sites for hydroxylation is 1. The van der Waals surface area contributed by atoms with Crippen LogP contribution < -0.4 is 5.32 Å². The van der Waals surface area contributed by atoms with Gasteiger partial charge in [0.1, 0.15) is 0 Å². The first-order valence-corrected chi connectivity index (χ1v) is 14.3. The molecule has 0 spiro atoms. The fourth-order valence-electron chi connectivity index (χ4n) is 4.72. The minimum atomic E-state index is -3.02. The Kier molecular flexibility index (Phi) is 6.02. The average molecular weight is 498 g/mol. The molecule has 7 nitrogen and oxygen atoms in total. The molecule has 2 aromatic heterocycles. The number of carbonyl (C=O) groups excluding carboxylic acids is 2. The summed E-state index contributed by atoms with van der Waals surface area (Å²) in [6.45, 7) is 3.79. The number of carbonyl (C=O) groups is 2. The molecule has 0 radical (unpaired) electrons. The predicted octanol–water partition coefficient (Wildman–Crippen LogP) is 3.88. The van der Waals surface area contributed by atoms with E-state index >= 15 is 0 Å². The Morgan fingerprint density at radius 2 is 1.88 bits per heavy atom. The second kappa shape index (κ2) is 8.85. The first-order chi connectivity index (χ1) is 16.2. The Labute approximate surface area is 203 Å². The lowest BCUT2D eigenvalue weighted by molar-refractivity contribution is 0.0951. The Morgan fingerprint density at radius 3 is 2.59 bits per heavy atom. The van der Waals surface area contributed by atoms with Crippen molar-refractivity contribution in [3.63, 3.8) is 0 Å². The largest absolute Gasteiger partial charge is 0.349 e. The lowest BCUT2D eigenvalue weighted by Gasteiger charge is -2.16. The Hall–Kier alpha value is -2.65. The number of Topliss-reactive ketones (excluding diaryl/α,β-unsaturated/α-hetero) is 1. The molecule has 1 saturated carbocycles. The van der Waals surface area contributed by atoms with E-state index in [0.717, 1.165) is 35.1 Å². The molecule has 0 bridgehead atoms. The van der Waals surface area contributed by atoms with Gasteiger partial charge in [-0.15, -0.1) is 0 Å². The van der Waals surface area contributed by atoms with Gasteiger partial charge in [-0.1, -0.05) is 30.0 Å². The van der Waals surface area contributed by atoms with Gasteiger partial charge in [-0.05, 0) is 51.3 Å². The summed E-state index contributed by atoms with van der Waals surface area (Å²) >= 11 is 1.31. The van der Waals surface area contributed by atoms with Crippen LogP contribution in [0.3, 0.4) is 0 Å². The first-order valence-electron chi connectivity index (χ1n) is 11.5. The molecule has 1 atom stereocenters. The molecule has 2 aliphatic rings. The highest BCUT2D eigenvalue weighted by Gasteiger charge is 2.31. The third-order valence-electron chi connectivity index (χ3n) is 6.56. The number of thioether (sulfide) groups is 1. The van der Waals surface area contributed by atoms with Crippen LogP contribution in [0.15, 0.2) is 41.4 Å². The second-order valence-electron chi connectivity index (χ2n) is 9.20. The molecule has 3 aromatic rings. The number of ketones is 1. The van der Waals surface area contributed by atoms with Gasteiger partial charge >= 0.3 is 0 Å². The third-order valence-corrected chi connectivity index (χ3v) is 9.22. The average Bonchev–Trinajstić information content (AvgIpc) is 3.47. The lowest BCUT2D eigenvalue weighted by atomic mass is 10.1. The summed E-state index contributed by atoms with van der Waals surface area (Å²) in [5, 5.41) is 4.47.